The predicted molar refractivity (Wildman–Crippen MR) is 141 cm³/mol. The zero-order chi connectivity index (χ0) is 26.0. The van der Waals surface area contributed by atoms with Gasteiger partial charge in [0, 0.05) is 36.3 Å². The number of methoxy groups -OCH3 is 2. The molecule has 0 radical (unpaired) electrons. The van der Waals surface area contributed by atoms with Crippen LogP contribution in [0.3, 0.4) is 0 Å². The number of anilines is 3. The highest BCUT2D eigenvalue weighted by atomic mass is 16.5. The standard InChI is InChI=1S/C28H28N6O3/c1-18-5-6-19(13-30-18)15-37-24-10-7-20(11-25(24)35-3)32-22-8-9-23-27(21(22)12-29)33-26(14-31-23)34-16-28(2,17-34)36-4/h5-11,13-14,32H,15-17H2,1-4H3. The molecule has 1 aliphatic heterocycles. The van der Waals surface area contributed by atoms with Gasteiger partial charge in [0.25, 0.3) is 0 Å². The van der Waals surface area contributed by atoms with Gasteiger partial charge in [0.1, 0.15) is 29.6 Å². The van der Waals surface area contributed by atoms with Gasteiger partial charge in [0.15, 0.2) is 11.5 Å². The Bertz CT molecular complexity index is 1480. The first kappa shape index (κ1) is 24.3. The first-order valence-electron chi connectivity index (χ1n) is 11.9. The number of ether oxygens (including phenoxy) is 3. The molecule has 9 nitrogen and oxygen atoms in total. The molecule has 4 aromatic rings. The molecule has 9 heteroatoms. The lowest BCUT2D eigenvalue weighted by Gasteiger charge is -2.47. The number of hydrogen-bond acceptors (Lipinski definition) is 9. The zero-order valence-corrected chi connectivity index (χ0v) is 21.3. The van der Waals surface area contributed by atoms with Crippen LogP contribution in [0, 0.1) is 18.3 Å². The van der Waals surface area contributed by atoms with Crippen LogP contribution < -0.4 is 19.7 Å². The number of nitrogens with zero attached hydrogens (tertiary/aromatic N) is 5. The van der Waals surface area contributed by atoms with E-state index in [1.54, 1.807) is 26.6 Å². The van der Waals surface area contributed by atoms with Crippen molar-refractivity contribution in [3.63, 3.8) is 0 Å². The van der Waals surface area contributed by atoms with Crippen molar-refractivity contribution in [3.8, 4) is 17.6 Å². The van der Waals surface area contributed by atoms with Crippen LogP contribution in [0.5, 0.6) is 11.5 Å². The average Bonchev–Trinajstić information content (AvgIpc) is 2.91. The summed E-state index contributed by atoms with van der Waals surface area (Å²) in [6, 6.07) is 15.5. The Morgan fingerprint density at radius 2 is 1.89 bits per heavy atom. The number of hydrogen-bond donors (Lipinski definition) is 1. The number of rotatable bonds is 8. The summed E-state index contributed by atoms with van der Waals surface area (Å²) in [5.41, 5.74) is 4.75. The number of pyridine rings is 1. The molecular formula is C28H28N6O3. The topological polar surface area (TPSA) is 105 Å². The molecule has 0 saturated carbocycles. The van der Waals surface area contributed by atoms with Crippen molar-refractivity contribution < 1.29 is 14.2 Å². The van der Waals surface area contributed by atoms with Gasteiger partial charge >= 0.3 is 0 Å². The summed E-state index contributed by atoms with van der Waals surface area (Å²) in [5, 5.41) is 13.3. The summed E-state index contributed by atoms with van der Waals surface area (Å²) in [4.78, 5) is 15.7. The fourth-order valence-corrected chi connectivity index (χ4v) is 4.26. The lowest BCUT2D eigenvalue weighted by atomic mass is 9.97. The molecular weight excluding hydrogens is 468 g/mol. The van der Waals surface area contributed by atoms with Gasteiger partial charge in [-0.15, -0.1) is 0 Å². The smallest absolute Gasteiger partial charge is 0.162 e. The molecule has 2 aromatic heterocycles. The monoisotopic (exact) mass is 496 g/mol. The minimum atomic E-state index is -0.190. The van der Waals surface area contributed by atoms with E-state index in [1.807, 2.05) is 49.4 Å². The van der Waals surface area contributed by atoms with Crippen LogP contribution in [0.25, 0.3) is 11.0 Å². The second-order valence-corrected chi connectivity index (χ2v) is 9.29. The van der Waals surface area contributed by atoms with Gasteiger partial charge < -0.3 is 24.4 Å². The number of aromatic nitrogens is 3. The first-order chi connectivity index (χ1) is 17.9. The third-order valence-corrected chi connectivity index (χ3v) is 6.49. The average molecular weight is 497 g/mol. The van der Waals surface area contributed by atoms with E-state index >= 15 is 0 Å². The Kier molecular flexibility index (Phi) is 6.51. The molecule has 37 heavy (non-hydrogen) atoms. The fourth-order valence-electron chi connectivity index (χ4n) is 4.26. The van der Waals surface area contributed by atoms with Crippen LogP contribution in [0.2, 0.25) is 0 Å². The molecule has 1 saturated heterocycles. The Hall–Kier alpha value is -4.42. The quantitative estimate of drug-likeness (QED) is 0.369. The van der Waals surface area contributed by atoms with E-state index in [4.69, 9.17) is 19.2 Å². The van der Waals surface area contributed by atoms with E-state index in [-0.39, 0.29) is 5.60 Å². The fraction of sp³-hybridized carbons (Fsp3) is 0.286. The summed E-state index contributed by atoms with van der Waals surface area (Å²) in [6.45, 7) is 5.82. The minimum absolute atomic E-state index is 0.190. The SMILES string of the molecule is COc1cc(Nc2ccc3ncc(N4CC(C)(OC)C4)nc3c2C#N)ccc1OCc1ccc(C)nc1. The molecule has 0 aliphatic carbocycles. The molecule has 0 amide bonds. The number of nitrogens with one attached hydrogen (secondary N) is 1. The largest absolute Gasteiger partial charge is 0.493 e. The second kappa shape index (κ2) is 9.91. The zero-order valence-electron chi connectivity index (χ0n) is 21.3. The molecule has 0 unspecified atom stereocenters. The summed E-state index contributed by atoms with van der Waals surface area (Å²) < 4.78 is 17.1. The molecule has 1 aliphatic rings. The summed E-state index contributed by atoms with van der Waals surface area (Å²) >= 11 is 0. The predicted octanol–water partition coefficient (Wildman–Crippen LogP) is 4.76. The van der Waals surface area contributed by atoms with E-state index in [2.05, 4.69) is 33.2 Å². The van der Waals surface area contributed by atoms with Gasteiger partial charge in [-0.1, -0.05) is 6.07 Å². The minimum Gasteiger partial charge on any atom is -0.493 e. The second-order valence-electron chi connectivity index (χ2n) is 9.29. The highest BCUT2D eigenvalue weighted by Gasteiger charge is 2.39. The van der Waals surface area contributed by atoms with Gasteiger partial charge in [0.2, 0.25) is 0 Å². The van der Waals surface area contributed by atoms with Gasteiger partial charge in [0.05, 0.1) is 43.2 Å². The van der Waals surface area contributed by atoms with Crippen molar-refractivity contribution in [1.82, 2.24) is 15.0 Å². The van der Waals surface area contributed by atoms with Crippen LogP contribution >= 0.6 is 0 Å². The van der Waals surface area contributed by atoms with Crippen LogP contribution in [0.1, 0.15) is 23.7 Å². The molecule has 2 aromatic carbocycles. The summed E-state index contributed by atoms with van der Waals surface area (Å²) in [5.74, 6) is 1.91. The molecule has 188 valence electrons. The van der Waals surface area contributed by atoms with E-state index in [0.29, 0.717) is 40.4 Å². The maximum Gasteiger partial charge on any atom is 0.162 e. The van der Waals surface area contributed by atoms with Crippen molar-refractivity contribution in [1.29, 1.82) is 5.26 Å². The van der Waals surface area contributed by atoms with Crippen molar-refractivity contribution in [2.24, 2.45) is 0 Å². The number of aryl methyl sites for hydroxylation is 1. The van der Waals surface area contributed by atoms with E-state index in [0.717, 1.165) is 35.9 Å². The van der Waals surface area contributed by atoms with E-state index in [1.165, 1.54) is 0 Å². The normalized spacial score (nSPS) is 14.1. The summed E-state index contributed by atoms with van der Waals surface area (Å²) in [7, 11) is 3.31. The Morgan fingerprint density at radius 1 is 1.05 bits per heavy atom. The summed E-state index contributed by atoms with van der Waals surface area (Å²) in [6.07, 6.45) is 3.54. The molecule has 0 atom stereocenters. The molecule has 0 bridgehead atoms. The highest BCUT2D eigenvalue weighted by molar-refractivity contribution is 5.89. The number of nitriles is 1. The van der Waals surface area contributed by atoms with E-state index in [9.17, 15) is 5.26 Å². The van der Waals surface area contributed by atoms with Gasteiger partial charge in [-0.2, -0.15) is 5.26 Å². The van der Waals surface area contributed by atoms with Crippen molar-refractivity contribution in [2.75, 3.05) is 37.5 Å². The van der Waals surface area contributed by atoms with Gasteiger partial charge in [-0.25, -0.2) is 4.98 Å². The highest BCUT2D eigenvalue weighted by Crippen LogP contribution is 2.35. The van der Waals surface area contributed by atoms with Crippen LogP contribution in [0.4, 0.5) is 17.2 Å². The lowest BCUT2D eigenvalue weighted by Crippen LogP contribution is -2.61. The van der Waals surface area contributed by atoms with Crippen LogP contribution in [-0.2, 0) is 11.3 Å². The third kappa shape index (κ3) is 4.97. The van der Waals surface area contributed by atoms with Gasteiger partial charge in [-0.05, 0) is 44.2 Å². The third-order valence-electron chi connectivity index (χ3n) is 6.49. The van der Waals surface area contributed by atoms with Crippen LogP contribution in [0.15, 0.2) is 54.9 Å². The van der Waals surface area contributed by atoms with Crippen LogP contribution in [-0.4, -0.2) is 47.9 Å². The maximum absolute atomic E-state index is 10.0. The Labute approximate surface area is 215 Å². The molecule has 5 rings (SSSR count). The van der Waals surface area contributed by atoms with E-state index < -0.39 is 0 Å². The number of benzene rings is 2. The Morgan fingerprint density at radius 3 is 2.59 bits per heavy atom. The maximum atomic E-state index is 10.0. The molecule has 1 N–H and O–H groups in total. The molecule has 1 fully saturated rings. The van der Waals surface area contributed by atoms with Crippen molar-refractivity contribution in [2.45, 2.75) is 26.1 Å². The lowest BCUT2D eigenvalue weighted by molar-refractivity contribution is -0.0171. The van der Waals surface area contributed by atoms with Crippen molar-refractivity contribution >= 4 is 28.2 Å². The van der Waals surface area contributed by atoms with Crippen molar-refractivity contribution in [3.05, 3.63) is 71.7 Å². The first-order valence-corrected chi connectivity index (χ1v) is 11.9. The Balaban J connectivity index is 1.37. The molecule has 3 heterocycles. The number of fused-ring (bicyclic) bond motifs is 1. The molecule has 0 spiro atoms. The van der Waals surface area contributed by atoms with Gasteiger partial charge in [-0.3, -0.25) is 9.97 Å².